The topological polar surface area (TPSA) is 129 Å². The van der Waals surface area contributed by atoms with Crippen molar-refractivity contribution in [2.75, 3.05) is 19.8 Å². The van der Waals surface area contributed by atoms with Crippen molar-refractivity contribution in [2.45, 2.75) is 62.1 Å². The van der Waals surface area contributed by atoms with Crippen LogP contribution >= 0.6 is 8.17 Å². The summed E-state index contributed by atoms with van der Waals surface area (Å²) in [5.74, 6) is -1.06. The second-order valence-electron chi connectivity index (χ2n) is 10.9. The van der Waals surface area contributed by atoms with Crippen LogP contribution in [0.1, 0.15) is 61.0 Å². The Kier molecular flexibility index (Phi) is 9.19. The third kappa shape index (κ3) is 7.65. The summed E-state index contributed by atoms with van der Waals surface area (Å²) < 4.78 is 91.5. The van der Waals surface area contributed by atoms with Crippen LogP contribution in [0.2, 0.25) is 0 Å². The number of hydrogen-bond acceptors (Lipinski definition) is 7. The molecule has 0 radical (unpaired) electrons. The number of ether oxygens (including phenoxy) is 1. The van der Waals surface area contributed by atoms with Crippen molar-refractivity contribution in [3.63, 3.8) is 0 Å². The normalized spacial score (nSPS) is 24.2. The van der Waals surface area contributed by atoms with Crippen molar-refractivity contribution in [1.82, 2.24) is 10.2 Å². The molecule has 1 spiro atoms. The minimum absolute atomic E-state index is 0.0192. The van der Waals surface area contributed by atoms with E-state index >= 15 is 0 Å². The summed E-state index contributed by atoms with van der Waals surface area (Å²) in [5, 5.41) is 2.88. The van der Waals surface area contributed by atoms with Gasteiger partial charge in [0.1, 0.15) is 0 Å². The molecule has 2 amide bonds. The molecule has 2 saturated heterocycles. The van der Waals surface area contributed by atoms with Gasteiger partial charge in [0.05, 0.1) is 0 Å². The van der Waals surface area contributed by atoms with Crippen molar-refractivity contribution in [1.29, 1.82) is 0 Å². The molecule has 3 atom stereocenters. The molecular formula is C27H31F6N2O7P. The monoisotopic (exact) mass is 640 g/mol. The van der Waals surface area contributed by atoms with E-state index in [1.807, 2.05) is 0 Å². The van der Waals surface area contributed by atoms with Crippen LogP contribution in [-0.4, -0.2) is 56.7 Å². The van der Waals surface area contributed by atoms with E-state index in [0.717, 1.165) is 0 Å². The van der Waals surface area contributed by atoms with E-state index in [0.29, 0.717) is 30.5 Å². The van der Waals surface area contributed by atoms with Gasteiger partial charge in [-0.3, -0.25) is 0 Å². The van der Waals surface area contributed by atoms with Crippen molar-refractivity contribution in [2.24, 2.45) is 0 Å². The number of nitrogens with one attached hydrogen (secondary N) is 1. The first kappa shape index (κ1) is 33.1. The Morgan fingerprint density at radius 2 is 1.60 bits per heavy atom. The fourth-order valence-electron chi connectivity index (χ4n) is 5.61. The van der Waals surface area contributed by atoms with E-state index in [1.54, 1.807) is 30.3 Å². The minimum atomic E-state index is -5.11. The molecule has 2 fully saturated rings. The van der Waals surface area contributed by atoms with Crippen LogP contribution in [0.5, 0.6) is 0 Å². The average Bonchev–Trinajstić information content (AvgIpc) is 3.29. The number of rotatable bonds is 8. The summed E-state index contributed by atoms with van der Waals surface area (Å²) in [7, 11) is -5.11. The Balaban J connectivity index is 1.72. The number of carbonyl (C=O) groups excluding carboxylic acids is 2. The van der Waals surface area contributed by atoms with Crippen molar-refractivity contribution >= 4 is 20.0 Å². The molecular weight excluding hydrogens is 609 g/mol. The quantitative estimate of drug-likeness (QED) is 0.249. The first-order valence-electron chi connectivity index (χ1n) is 13.2. The summed E-state index contributed by atoms with van der Waals surface area (Å²) >= 11 is 0. The molecule has 2 aromatic carbocycles. The van der Waals surface area contributed by atoms with Gasteiger partial charge in [-0.1, -0.05) is 0 Å². The van der Waals surface area contributed by atoms with Gasteiger partial charge in [0, 0.05) is 0 Å². The van der Waals surface area contributed by atoms with E-state index in [9.17, 15) is 50.6 Å². The Bertz CT molecular complexity index is 1310. The maximum atomic E-state index is 13.6. The number of hydrogen-bond donors (Lipinski definition) is 4. The predicted molar refractivity (Wildman–Crippen MR) is 141 cm³/mol. The molecule has 0 aliphatic carbocycles. The Morgan fingerprint density at radius 3 is 2.12 bits per heavy atom. The molecule has 43 heavy (non-hydrogen) atoms. The first-order valence-corrected chi connectivity index (χ1v) is 15.0. The van der Waals surface area contributed by atoms with E-state index < -0.39 is 73.5 Å². The van der Waals surface area contributed by atoms with E-state index in [2.05, 4.69) is 9.84 Å². The van der Waals surface area contributed by atoms with Crippen LogP contribution in [0.15, 0.2) is 48.5 Å². The molecule has 0 unspecified atom stereocenters. The van der Waals surface area contributed by atoms with Crippen molar-refractivity contribution in [3.05, 3.63) is 70.8 Å². The van der Waals surface area contributed by atoms with Gasteiger partial charge in [0.2, 0.25) is 0 Å². The SMILES string of the molecule is C[C@@H](OC[C@@]1(c2ccccc2)CC[C@]2(CCC(=O)N2)CN1C(=O)CO[PH](O)(O)O)c1cc(C(F)(F)F)cc(C(F)(F)F)c1. The molecule has 2 aromatic rings. The zero-order valence-corrected chi connectivity index (χ0v) is 23.8. The molecule has 4 N–H and O–H groups in total. The zero-order valence-electron chi connectivity index (χ0n) is 22.8. The fraction of sp³-hybridized carbons (Fsp3) is 0.481. The van der Waals surface area contributed by atoms with Gasteiger partial charge in [0.15, 0.2) is 0 Å². The zero-order chi connectivity index (χ0) is 31.8. The number of halogens is 6. The van der Waals surface area contributed by atoms with Crippen molar-refractivity contribution in [3.8, 4) is 0 Å². The van der Waals surface area contributed by atoms with Crippen LogP contribution in [0.4, 0.5) is 26.3 Å². The van der Waals surface area contributed by atoms with Gasteiger partial charge in [-0.2, -0.15) is 26.3 Å². The molecule has 9 nitrogen and oxygen atoms in total. The summed E-state index contributed by atoms with van der Waals surface area (Å²) in [6.07, 6.45) is -10.4. The number of likely N-dealkylation sites (tertiary alicyclic amines) is 1. The number of piperidine rings is 1. The number of nitrogens with zero attached hydrogens (tertiary/aromatic N) is 1. The van der Waals surface area contributed by atoms with E-state index in [1.165, 1.54) is 11.8 Å². The van der Waals surface area contributed by atoms with Crippen molar-refractivity contribution < 1.29 is 59.9 Å². The van der Waals surface area contributed by atoms with Crippen LogP contribution < -0.4 is 5.32 Å². The van der Waals surface area contributed by atoms with Crippen LogP contribution in [-0.2, 0) is 36.7 Å². The Hall–Kier alpha value is -2.81. The van der Waals surface area contributed by atoms with E-state index in [4.69, 9.17) is 4.74 Å². The van der Waals surface area contributed by atoms with Crippen LogP contribution in [0.25, 0.3) is 0 Å². The molecule has 0 aromatic heterocycles. The summed E-state index contributed by atoms with van der Waals surface area (Å²) in [6, 6.07) is 9.51. The predicted octanol–water partition coefficient (Wildman–Crippen LogP) is 4.37. The molecule has 0 saturated carbocycles. The first-order chi connectivity index (χ1) is 19.8. The number of carbonyl (C=O) groups is 2. The summed E-state index contributed by atoms with van der Waals surface area (Å²) in [4.78, 5) is 55.0. The number of alkyl halides is 6. The van der Waals surface area contributed by atoms with Gasteiger partial charge < -0.3 is 0 Å². The molecule has 2 aliphatic heterocycles. The molecule has 238 valence electrons. The molecule has 2 heterocycles. The molecule has 0 bridgehead atoms. The van der Waals surface area contributed by atoms with E-state index in [-0.39, 0.29) is 31.4 Å². The second-order valence-corrected chi connectivity index (χ2v) is 12.3. The Labute approximate surface area is 243 Å². The summed E-state index contributed by atoms with van der Waals surface area (Å²) in [6.45, 7) is -0.168. The molecule has 4 rings (SSSR count). The molecule has 16 heteroatoms. The third-order valence-corrected chi connectivity index (χ3v) is 8.41. The van der Waals surface area contributed by atoms with Gasteiger partial charge in [-0.25, -0.2) is 0 Å². The average molecular weight is 641 g/mol. The van der Waals surface area contributed by atoms with Gasteiger partial charge in [0.25, 0.3) is 0 Å². The van der Waals surface area contributed by atoms with Crippen LogP contribution in [0.3, 0.4) is 0 Å². The Morgan fingerprint density at radius 1 is 1.00 bits per heavy atom. The standard InChI is InChI=1S/C27H31F6N2O7P/c1-17(18-11-20(26(28,29)30)13-21(12-18)27(31,32)33)41-16-25(19-5-3-2-4-6-19)10-9-24(8-7-22(36)34-24)15-35(25)23(37)14-42-43(38,39)40/h2-6,11-13,17,38-40,43H,7-10,14-16H2,1H3,(H,34,36)/t17-,24-,25-/m1/s1. The van der Waals surface area contributed by atoms with Crippen LogP contribution in [0, 0.1) is 0 Å². The number of benzene rings is 2. The van der Waals surface area contributed by atoms with Gasteiger partial charge >= 0.3 is 216 Å². The maximum absolute atomic E-state index is 13.6. The third-order valence-electron chi connectivity index (χ3n) is 7.88. The number of amides is 2. The summed E-state index contributed by atoms with van der Waals surface area (Å²) in [5.41, 5.74) is -5.09. The van der Waals surface area contributed by atoms with Gasteiger partial charge in [-0.15, -0.1) is 0 Å². The fourth-order valence-corrected chi connectivity index (χ4v) is 5.93. The molecule has 2 aliphatic rings. The second kappa shape index (κ2) is 11.9. The van der Waals surface area contributed by atoms with Gasteiger partial charge in [-0.05, 0) is 0 Å².